The molecule has 0 spiro atoms. The molecule has 5 rings (SSSR count). The molecule has 154 valence electrons. The van der Waals surface area contributed by atoms with E-state index in [2.05, 4.69) is 25.0 Å². The molecule has 0 N–H and O–H groups in total. The molecular formula is C19H19N7O4. The van der Waals surface area contributed by atoms with Gasteiger partial charge in [0.05, 0.1) is 0 Å². The molecule has 2 aliphatic heterocycles. The third-order valence-electron chi connectivity index (χ3n) is 4.95. The number of anilines is 1. The maximum absolute atomic E-state index is 12.5. The van der Waals surface area contributed by atoms with E-state index in [9.17, 15) is 4.79 Å². The molecule has 1 saturated heterocycles. The van der Waals surface area contributed by atoms with E-state index >= 15 is 0 Å². The topological polar surface area (TPSA) is 108 Å². The van der Waals surface area contributed by atoms with Crippen molar-refractivity contribution in [2.24, 2.45) is 0 Å². The van der Waals surface area contributed by atoms with Crippen LogP contribution in [0.5, 0.6) is 17.2 Å². The zero-order chi connectivity index (χ0) is 20.3. The highest BCUT2D eigenvalue weighted by molar-refractivity contribution is 5.78. The molecule has 0 unspecified atom stereocenters. The van der Waals surface area contributed by atoms with Crippen molar-refractivity contribution in [2.75, 3.05) is 44.5 Å². The second-order valence-electron chi connectivity index (χ2n) is 6.75. The lowest BCUT2D eigenvalue weighted by Crippen LogP contribution is -2.50. The van der Waals surface area contributed by atoms with Crippen molar-refractivity contribution in [2.45, 2.75) is 0 Å². The minimum Gasteiger partial charge on any atom is -0.484 e. The minimum absolute atomic E-state index is 0.0242. The van der Waals surface area contributed by atoms with Gasteiger partial charge in [0.15, 0.2) is 23.9 Å². The molecule has 1 fully saturated rings. The van der Waals surface area contributed by atoms with E-state index in [0.29, 0.717) is 49.2 Å². The Morgan fingerprint density at radius 1 is 1.00 bits per heavy atom. The fourth-order valence-corrected chi connectivity index (χ4v) is 3.35. The lowest BCUT2D eigenvalue weighted by Gasteiger charge is -2.35. The van der Waals surface area contributed by atoms with Crippen LogP contribution >= 0.6 is 0 Å². The summed E-state index contributed by atoms with van der Waals surface area (Å²) in [5.74, 6) is 3.27. The maximum Gasteiger partial charge on any atom is 0.260 e. The first-order valence-corrected chi connectivity index (χ1v) is 9.48. The summed E-state index contributed by atoms with van der Waals surface area (Å²) in [4.78, 5) is 29.0. The Morgan fingerprint density at radius 2 is 1.83 bits per heavy atom. The van der Waals surface area contributed by atoms with Gasteiger partial charge in [0.25, 0.3) is 5.91 Å². The molecule has 4 heterocycles. The molecule has 1 amide bonds. The van der Waals surface area contributed by atoms with Gasteiger partial charge >= 0.3 is 0 Å². The highest BCUT2D eigenvalue weighted by Gasteiger charge is 2.23. The van der Waals surface area contributed by atoms with Crippen LogP contribution in [0.15, 0.2) is 43.2 Å². The zero-order valence-electron chi connectivity index (χ0n) is 16.0. The number of carbonyl (C=O) groups is 1. The van der Waals surface area contributed by atoms with Crippen molar-refractivity contribution < 1.29 is 19.0 Å². The number of carbonyl (C=O) groups excluding carboxylic acids is 1. The van der Waals surface area contributed by atoms with Gasteiger partial charge in [-0.2, -0.15) is 5.10 Å². The summed E-state index contributed by atoms with van der Waals surface area (Å²) < 4.78 is 17.8. The first kappa shape index (κ1) is 18.2. The van der Waals surface area contributed by atoms with E-state index in [0.717, 1.165) is 5.82 Å². The molecule has 0 radical (unpaired) electrons. The van der Waals surface area contributed by atoms with E-state index in [4.69, 9.17) is 14.2 Å². The lowest BCUT2D eigenvalue weighted by molar-refractivity contribution is -0.133. The molecule has 0 aliphatic carbocycles. The van der Waals surface area contributed by atoms with E-state index in [1.54, 1.807) is 34.1 Å². The molecule has 1 aromatic carbocycles. The molecule has 2 aromatic heterocycles. The molecule has 11 heteroatoms. The average Bonchev–Trinajstić information content (AvgIpc) is 3.49. The summed E-state index contributed by atoms with van der Waals surface area (Å²) in [6, 6.07) is 7.13. The largest absolute Gasteiger partial charge is 0.484 e. The van der Waals surface area contributed by atoms with Gasteiger partial charge in [0.1, 0.15) is 30.5 Å². The van der Waals surface area contributed by atoms with Gasteiger partial charge in [-0.25, -0.2) is 19.6 Å². The normalized spacial score (nSPS) is 15.3. The number of aromatic nitrogens is 5. The van der Waals surface area contributed by atoms with Crippen LogP contribution in [0.25, 0.3) is 5.82 Å². The number of ether oxygens (including phenoxy) is 3. The van der Waals surface area contributed by atoms with Crippen molar-refractivity contribution in [1.82, 2.24) is 29.6 Å². The Labute approximate surface area is 171 Å². The molecule has 11 nitrogen and oxygen atoms in total. The highest BCUT2D eigenvalue weighted by Crippen LogP contribution is 2.35. The standard InChI is InChI=1S/C19H19N7O4/c27-19(9-28-14-1-2-15-16(7-14)30-13-29-15)25-5-3-24(4-6-25)17-8-18(22-11-21-17)26-12-20-10-23-26/h1-2,7-8,10-12H,3-6,9,13H2. The van der Waals surface area contributed by atoms with E-state index in [1.807, 2.05) is 6.07 Å². The number of rotatable bonds is 5. The zero-order valence-corrected chi connectivity index (χ0v) is 16.0. The number of hydrogen-bond acceptors (Lipinski definition) is 9. The summed E-state index contributed by atoms with van der Waals surface area (Å²) in [6.45, 7) is 2.70. The Balaban J connectivity index is 1.15. The van der Waals surface area contributed by atoms with Crippen molar-refractivity contribution in [3.8, 4) is 23.1 Å². The van der Waals surface area contributed by atoms with Crippen LogP contribution < -0.4 is 19.1 Å². The number of fused-ring (bicyclic) bond motifs is 1. The number of amides is 1. The predicted octanol–water partition coefficient (Wildman–Crippen LogP) is 0.514. The summed E-state index contributed by atoms with van der Waals surface area (Å²) >= 11 is 0. The van der Waals surface area contributed by atoms with Gasteiger partial charge in [0.2, 0.25) is 6.79 Å². The quantitative estimate of drug-likeness (QED) is 0.596. The van der Waals surface area contributed by atoms with Crippen molar-refractivity contribution >= 4 is 11.7 Å². The smallest absolute Gasteiger partial charge is 0.260 e. The Hall–Kier alpha value is -3.89. The lowest BCUT2D eigenvalue weighted by atomic mass is 10.3. The SMILES string of the molecule is O=C(COc1ccc2c(c1)OCO2)N1CCN(c2cc(-n3cncn3)ncn2)CC1. The van der Waals surface area contributed by atoms with Crippen LogP contribution in [-0.2, 0) is 4.79 Å². The second kappa shape index (κ2) is 7.85. The number of hydrogen-bond donors (Lipinski definition) is 0. The van der Waals surface area contributed by atoms with Crippen LogP contribution in [-0.4, -0.2) is 75.1 Å². The van der Waals surface area contributed by atoms with Crippen molar-refractivity contribution in [3.05, 3.63) is 43.2 Å². The predicted molar refractivity (Wildman–Crippen MR) is 104 cm³/mol. The van der Waals surface area contributed by atoms with Gasteiger partial charge in [-0.3, -0.25) is 4.79 Å². The Morgan fingerprint density at radius 3 is 2.67 bits per heavy atom. The highest BCUT2D eigenvalue weighted by atomic mass is 16.7. The average molecular weight is 409 g/mol. The molecular weight excluding hydrogens is 390 g/mol. The van der Waals surface area contributed by atoms with Crippen LogP contribution in [0, 0.1) is 0 Å². The van der Waals surface area contributed by atoms with Crippen LogP contribution in [0.1, 0.15) is 0 Å². The van der Waals surface area contributed by atoms with Gasteiger partial charge in [0, 0.05) is 38.3 Å². The number of piperazine rings is 1. The van der Waals surface area contributed by atoms with Crippen molar-refractivity contribution in [1.29, 1.82) is 0 Å². The molecule has 3 aromatic rings. The second-order valence-corrected chi connectivity index (χ2v) is 6.75. The van der Waals surface area contributed by atoms with Gasteiger partial charge in [-0.05, 0) is 12.1 Å². The van der Waals surface area contributed by atoms with E-state index < -0.39 is 0 Å². The van der Waals surface area contributed by atoms with Gasteiger partial charge in [-0.1, -0.05) is 0 Å². The van der Waals surface area contributed by atoms with Crippen LogP contribution in [0.2, 0.25) is 0 Å². The first-order chi connectivity index (χ1) is 14.8. The number of benzene rings is 1. The molecule has 2 aliphatic rings. The fourth-order valence-electron chi connectivity index (χ4n) is 3.35. The third-order valence-corrected chi connectivity index (χ3v) is 4.95. The number of nitrogens with zero attached hydrogens (tertiary/aromatic N) is 7. The van der Waals surface area contributed by atoms with Crippen LogP contribution in [0.3, 0.4) is 0 Å². The van der Waals surface area contributed by atoms with E-state index in [-0.39, 0.29) is 19.3 Å². The fraction of sp³-hybridized carbons (Fsp3) is 0.316. The summed E-state index contributed by atoms with van der Waals surface area (Å²) in [6.07, 6.45) is 4.55. The Kier molecular flexibility index (Phi) is 4.75. The molecule has 30 heavy (non-hydrogen) atoms. The van der Waals surface area contributed by atoms with E-state index in [1.165, 1.54) is 12.7 Å². The first-order valence-electron chi connectivity index (χ1n) is 9.48. The summed E-state index contributed by atoms with van der Waals surface area (Å²) in [5, 5.41) is 4.09. The van der Waals surface area contributed by atoms with Crippen LogP contribution in [0.4, 0.5) is 5.82 Å². The third kappa shape index (κ3) is 3.69. The Bertz CT molecular complexity index is 1040. The molecule has 0 saturated carbocycles. The van der Waals surface area contributed by atoms with Crippen molar-refractivity contribution in [3.63, 3.8) is 0 Å². The van der Waals surface area contributed by atoms with Gasteiger partial charge < -0.3 is 24.0 Å². The maximum atomic E-state index is 12.5. The summed E-state index contributed by atoms with van der Waals surface area (Å²) in [7, 11) is 0. The summed E-state index contributed by atoms with van der Waals surface area (Å²) in [5.41, 5.74) is 0. The monoisotopic (exact) mass is 409 g/mol. The van der Waals surface area contributed by atoms with Gasteiger partial charge in [-0.15, -0.1) is 0 Å². The minimum atomic E-state index is -0.0571. The molecule has 0 atom stereocenters. The molecule has 0 bridgehead atoms.